The van der Waals surface area contributed by atoms with Crippen LogP contribution in [0.3, 0.4) is 0 Å². The van der Waals surface area contributed by atoms with Crippen molar-refractivity contribution in [3.05, 3.63) is 28.0 Å². The first-order valence-electron chi connectivity index (χ1n) is 5.29. The van der Waals surface area contributed by atoms with Gasteiger partial charge in [0.1, 0.15) is 0 Å². The Bertz CT molecular complexity index is 466. The lowest BCUT2D eigenvalue weighted by atomic mass is 10.1. The van der Waals surface area contributed by atoms with Crippen molar-refractivity contribution < 1.29 is 14.3 Å². The van der Waals surface area contributed by atoms with Crippen molar-refractivity contribution >= 4 is 39.3 Å². The van der Waals surface area contributed by atoms with E-state index in [2.05, 4.69) is 21.2 Å². The summed E-state index contributed by atoms with van der Waals surface area (Å²) in [4.78, 5) is 10.8. The van der Waals surface area contributed by atoms with Crippen molar-refractivity contribution in [2.24, 2.45) is 0 Å². The van der Waals surface area contributed by atoms with Crippen LogP contribution in [-0.2, 0) is 0 Å². The molecule has 0 bridgehead atoms. The Balaban J connectivity index is 2.93. The van der Waals surface area contributed by atoms with Gasteiger partial charge in [-0.2, -0.15) is 11.8 Å². The third-order valence-corrected chi connectivity index (χ3v) is 4.59. The highest BCUT2D eigenvalue weighted by Gasteiger charge is 2.19. The molecule has 2 N–H and O–H groups in total. The van der Waals surface area contributed by atoms with Gasteiger partial charge >= 0.3 is 5.97 Å². The lowest BCUT2D eigenvalue weighted by Crippen LogP contribution is -2.26. The molecule has 0 aliphatic carbocycles. The van der Waals surface area contributed by atoms with Gasteiger partial charge in [0.2, 0.25) is 0 Å². The van der Waals surface area contributed by atoms with Crippen LogP contribution >= 0.6 is 27.7 Å². The summed E-state index contributed by atoms with van der Waals surface area (Å²) in [5.74, 6) is -1.73. The second kappa shape index (κ2) is 5.93. The molecule has 0 aromatic heterocycles. The Morgan fingerprint density at radius 1 is 1.56 bits per heavy atom. The van der Waals surface area contributed by atoms with Gasteiger partial charge in [-0.1, -0.05) is 0 Å². The zero-order valence-electron chi connectivity index (χ0n) is 10.4. The second-order valence-corrected chi connectivity index (χ2v) is 6.72. The van der Waals surface area contributed by atoms with E-state index in [0.29, 0.717) is 12.2 Å². The third kappa shape index (κ3) is 3.62. The molecule has 0 amide bonds. The summed E-state index contributed by atoms with van der Waals surface area (Å²) in [5, 5.41) is 11.9. The smallest absolute Gasteiger partial charge is 0.336 e. The van der Waals surface area contributed by atoms with Crippen molar-refractivity contribution in [1.29, 1.82) is 0 Å². The normalized spacial score (nSPS) is 11.4. The molecule has 0 atom stereocenters. The summed E-state index contributed by atoms with van der Waals surface area (Å²) in [7, 11) is 0. The monoisotopic (exact) mass is 335 g/mol. The average Bonchev–Trinajstić information content (AvgIpc) is 2.30. The number of thioether (sulfide) groups is 1. The fourth-order valence-corrected chi connectivity index (χ4v) is 1.96. The summed E-state index contributed by atoms with van der Waals surface area (Å²) in [5.41, 5.74) is 0.219. The number of rotatable bonds is 5. The molecule has 0 unspecified atom stereocenters. The predicted octanol–water partition coefficient (Wildman–Crippen LogP) is 3.84. The highest BCUT2D eigenvalue weighted by Crippen LogP contribution is 2.28. The minimum Gasteiger partial charge on any atom is -0.478 e. The maximum atomic E-state index is 13.9. The molecule has 0 fully saturated rings. The molecule has 0 aliphatic rings. The van der Waals surface area contributed by atoms with E-state index < -0.39 is 11.8 Å². The summed E-state index contributed by atoms with van der Waals surface area (Å²) in [6, 6.07) is 2.82. The first kappa shape index (κ1) is 15.3. The lowest BCUT2D eigenvalue weighted by molar-refractivity contribution is 0.0695. The van der Waals surface area contributed by atoms with Crippen molar-refractivity contribution in [2.75, 3.05) is 18.1 Å². The number of hydrogen-bond donors (Lipinski definition) is 2. The van der Waals surface area contributed by atoms with E-state index in [1.165, 1.54) is 12.1 Å². The largest absolute Gasteiger partial charge is 0.478 e. The molecule has 0 aliphatic heterocycles. The molecule has 0 saturated carbocycles. The van der Waals surface area contributed by atoms with Crippen LogP contribution in [0.1, 0.15) is 24.2 Å². The van der Waals surface area contributed by atoms with E-state index in [1.807, 2.05) is 20.1 Å². The SMILES string of the molecule is CSC(C)(C)CNc1ccc(C(=O)O)c(Br)c1F. The highest BCUT2D eigenvalue weighted by atomic mass is 79.9. The van der Waals surface area contributed by atoms with Gasteiger partial charge in [-0.15, -0.1) is 0 Å². The standard InChI is InChI=1S/C12H15BrFNO2S/c1-12(2,18-3)6-15-8-5-4-7(11(16)17)9(13)10(8)14/h4-5,15H,6H2,1-3H3,(H,16,17). The Morgan fingerprint density at radius 2 is 2.17 bits per heavy atom. The number of carboxylic acid groups (broad SMARTS) is 1. The van der Waals surface area contributed by atoms with Gasteiger partial charge in [0, 0.05) is 11.3 Å². The van der Waals surface area contributed by atoms with Crippen molar-refractivity contribution in [2.45, 2.75) is 18.6 Å². The molecular formula is C12H15BrFNO2S. The fourth-order valence-electron chi connectivity index (χ4n) is 1.23. The molecule has 6 heteroatoms. The Hall–Kier alpha value is -0.750. The summed E-state index contributed by atoms with van der Waals surface area (Å²) < 4.78 is 13.9. The lowest BCUT2D eigenvalue weighted by Gasteiger charge is -2.23. The maximum absolute atomic E-state index is 13.9. The van der Waals surface area contributed by atoms with E-state index in [9.17, 15) is 9.18 Å². The van der Waals surface area contributed by atoms with Gasteiger partial charge in [-0.05, 0) is 48.2 Å². The molecule has 0 spiro atoms. The summed E-state index contributed by atoms with van der Waals surface area (Å²) in [6.45, 7) is 4.68. The molecule has 1 aromatic carbocycles. The van der Waals surface area contributed by atoms with Crippen molar-refractivity contribution in [1.82, 2.24) is 0 Å². The molecule has 3 nitrogen and oxygen atoms in total. The molecule has 18 heavy (non-hydrogen) atoms. The third-order valence-electron chi connectivity index (χ3n) is 2.57. The van der Waals surface area contributed by atoms with Crippen LogP contribution in [0.2, 0.25) is 0 Å². The topological polar surface area (TPSA) is 49.3 Å². The number of carboxylic acids is 1. The van der Waals surface area contributed by atoms with Crippen LogP contribution in [-0.4, -0.2) is 28.6 Å². The van der Waals surface area contributed by atoms with Gasteiger partial charge in [0.05, 0.1) is 15.7 Å². The van der Waals surface area contributed by atoms with Crippen LogP contribution < -0.4 is 5.32 Å². The number of hydrogen-bond acceptors (Lipinski definition) is 3. The second-order valence-electron chi connectivity index (χ2n) is 4.41. The maximum Gasteiger partial charge on any atom is 0.336 e. The van der Waals surface area contributed by atoms with E-state index >= 15 is 0 Å². The predicted molar refractivity (Wildman–Crippen MR) is 77.1 cm³/mol. The zero-order valence-corrected chi connectivity index (χ0v) is 12.8. The quantitative estimate of drug-likeness (QED) is 0.858. The van der Waals surface area contributed by atoms with Gasteiger partial charge < -0.3 is 10.4 Å². The number of carbonyl (C=O) groups is 1. The first-order valence-corrected chi connectivity index (χ1v) is 7.30. The number of nitrogens with one attached hydrogen (secondary N) is 1. The van der Waals surface area contributed by atoms with Crippen molar-refractivity contribution in [3.8, 4) is 0 Å². The zero-order chi connectivity index (χ0) is 13.9. The van der Waals surface area contributed by atoms with Gasteiger partial charge in [0.15, 0.2) is 5.82 Å². The molecule has 1 rings (SSSR count). The van der Waals surface area contributed by atoms with Crippen LogP contribution in [0.25, 0.3) is 0 Å². The summed E-state index contributed by atoms with van der Waals surface area (Å²) in [6.07, 6.45) is 1.99. The molecule has 100 valence electrons. The molecular weight excluding hydrogens is 321 g/mol. The molecule has 0 radical (unpaired) electrons. The van der Waals surface area contributed by atoms with E-state index in [-0.39, 0.29) is 14.8 Å². The van der Waals surface area contributed by atoms with Crippen LogP contribution in [0, 0.1) is 5.82 Å². The number of aromatic carboxylic acids is 1. The van der Waals surface area contributed by atoms with E-state index in [0.717, 1.165) is 0 Å². The first-order chi connectivity index (χ1) is 8.28. The Kier molecular flexibility index (Phi) is 5.04. The highest BCUT2D eigenvalue weighted by molar-refractivity contribution is 9.10. The molecule has 0 saturated heterocycles. The number of benzene rings is 1. The molecule has 1 aromatic rings. The van der Waals surface area contributed by atoms with E-state index in [4.69, 9.17) is 5.11 Å². The molecule has 0 heterocycles. The number of halogens is 2. The minimum absolute atomic E-state index is 0.0234. The Morgan fingerprint density at radius 3 is 2.67 bits per heavy atom. The van der Waals surface area contributed by atoms with Gasteiger partial charge in [-0.3, -0.25) is 0 Å². The van der Waals surface area contributed by atoms with E-state index in [1.54, 1.807) is 11.8 Å². The van der Waals surface area contributed by atoms with Crippen LogP contribution in [0.5, 0.6) is 0 Å². The van der Waals surface area contributed by atoms with Crippen LogP contribution in [0.4, 0.5) is 10.1 Å². The number of anilines is 1. The minimum atomic E-state index is -1.16. The van der Waals surface area contributed by atoms with Gasteiger partial charge in [0.25, 0.3) is 0 Å². The Labute approximate surface area is 118 Å². The fraction of sp³-hybridized carbons (Fsp3) is 0.417. The van der Waals surface area contributed by atoms with Crippen molar-refractivity contribution in [3.63, 3.8) is 0 Å². The van der Waals surface area contributed by atoms with Gasteiger partial charge in [-0.25, -0.2) is 9.18 Å². The average molecular weight is 336 g/mol. The van der Waals surface area contributed by atoms with Crippen LogP contribution in [0.15, 0.2) is 16.6 Å². The summed E-state index contributed by atoms with van der Waals surface area (Å²) >= 11 is 4.64.